The van der Waals surface area contributed by atoms with Gasteiger partial charge in [-0.15, -0.1) is 0 Å². The predicted octanol–water partition coefficient (Wildman–Crippen LogP) is 3.16. The molecule has 0 saturated heterocycles. The van der Waals surface area contributed by atoms with Crippen molar-refractivity contribution in [2.45, 2.75) is 58.8 Å². The van der Waals surface area contributed by atoms with Gasteiger partial charge in [-0.25, -0.2) is 4.99 Å². The molecule has 1 fully saturated rings. The summed E-state index contributed by atoms with van der Waals surface area (Å²) in [5.41, 5.74) is 12.7. The van der Waals surface area contributed by atoms with E-state index < -0.39 is 0 Å². The summed E-state index contributed by atoms with van der Waals surface area (Å²) in [6.07, 6.45) is 10.7. The Balaban J connectivity index is 2.56. The Morgan fingerprint density at radius 3 is 2.12 bits per heavy atom. The molecule has 0 aromatic rings. The number of aliphatic imine (C=N–C) groups is 1. The molecule has 98 valence electrons. The molecule has 3 heteroatoms. The first-order chi connectivity index (χ1) is 8.11. The van der Waals surface area contributed by atoms with Crippen molar-refractivity contribution in [3.8, 4) is 0 Å². The maximum Gasteiger partial charge on any atom is 0.102 e. The van der Waals surface area contributed by atoms with Gasteiger partial charge >= 0.3 is 0 Å². The summed E-state index contributed by atoms with van der Waals surface area (Å²) in [6.45, 7) is 4.13. The molecule has 1 aliphatic rings. The predicted molar refractivity (Wildman–Crippen MR) is 74.5 cm³/mol. The van der Waals surface area contributed by atoms with E-state index in [9.17, 15) is 0 Å². The minimum Gasteiger partial charge on any atom is -0.401 e. The van der Waals surface area contributed by atoms with Crippen LogP contribution >= 0.6 is 0 Å². The fourth-order valence-corrected chi connectivity index (χ4v) is 2.16. The average Bonchev–Trinajstić information content (AvgIpc) is 2.24. The summed E-state index contributed by atoms with van der Waals surface area (Å²) in [7, 11) is 0. The van der Waals surface area contributed by atoms with Crippen molar-refractivity contribution in [1.29, 1.82) is 0 Å². The van der Waals surface area contributed by atoms with Gasteiger partial charge < -0.3 is 11.5 Å². The Labute approximate surface area is 105 Å². The quantitative estimate of drug-likeness (QED) is 0.585. The lowest BCUT2D eigenvalue weighted by Gasteiger charge is -2.18. The molecule has 1 aliphatic carbocycles. The molecule has 4 N–H and O–H groups in total. The monoisotopic (exact) mass is 237 g/mol. The molecule has 1 saturated carbocycles. The molecular weight excluding hydrogens is 210 g/mol. The zero-order valence-electron chi connectivity index (χ0n) is 11.3. The Bertz CT molecular complexity index is 271. The fourth-order valence-electron chi connectivity index (χ4n) is 2.16. The van der Waals surface area contributed by atoms with Crippen molar-refractivity contribution < 1.29 is 0 Å². The van der Waals surface area contributed by atoms with E-state index >= 15 is 0 Å². The molecule has 3 nitrogen and oxygen atoms in total. The number of hydrogen-bond donors (Lipinski definition) is 2. The van der Waals surface area contributed by atoms with E-state index in [1.54, 1.807) is 6.20 Å². The molecule has 0 unspecified atom stereocenters. The number of allylic oxidation sites excluding steroid dienone is 1. The van der Waals surface area contributed by atoms with Gasteiger partial charge in [0, 0.05) is 17.8 Å². The van der Waals surface area contributed by atoms with Gasteiger partial charge in [-0.2, -0.15) is 0 Å². The highest BCUT2D eigenvalue weighted by Crippen LogP contribution is 2.22. The molecule has 0 aromatic heterocycles. The molecule has 0 radical (unpaired) electrons. The molecule has 0 heterocycles. The van der Waals surface area contributed by atoms with Gasteiger partial charge in [0.05, 0.1) is 0 Å². The zero-order valence-corrected chi connectivity index (χ0v) is 11.3. The number of hydrogen-bond acceptors (Lipinski definition) is 2. The Morgan fingerprint density at radius 2 is 1.59 bits per heavy atom. The zero-order chi connectivity index (χ0) is 12.7. The van der Waals surface area contributed by atoms with Crippen molar-refractivity contribution in [2.24, 2.45) is 28.3 Å². The third-order valence-corrected chi connectivity index (χ3v) is 3.55. The van der Waals surface area contributed by atoms with Crippen LogP contribution in [0, 0.1) is 11.8 Å². The molecule has 0 atom stereocenters. The summed E-state index contributed by atoms with van der Waals surface area (Å²) in [5.74, 6) is 1.57. The number of nitrogens with two attached hydrogens (primary N) is 2. The van der Waals surface area contributed by atoms with E-state index in [1.807, 2.05) is 0 Å². The van der Waals surface area contributed by atoms with Gasteiger partial charge in [-0.1, -0.05) is 46.0 Å². The summed E-state index contributed by atoms with van der Waals surface area (Å²) in [6, 6.07) is 0. The minimum atomic E-state index is 0.337. The van der Waals surface area contributed by atoms with E-state index in [4.69, 9.17) is 11.5 Å². The van der Waals surface area contributed by atoms with Gasteiger partial charge in [0.15, 0.2) is 0 Å². The lowest BCUT2D eigenvalue weighted by Crippen LogP contribution is -2.24. The van der Waals surface area contributed by atoms with Crippen LogP contribution in [0.15, 0.2) is 16.9 Å². The van der Waals surface area contributed by atoms with Gasteiger partial charge in [0.25, 0.3) is 0 Å². The first-order valence-electron chi connectivity index (χ1n) is 6.90. The van der Waals surface area contributed by atoms with Crippen molar-refractivity contribution in [1.82, 2.24) is 0 Å². The van der Waals surface area contributed by atoms with Crippen LogP contribution in [0.1, 0.15) is 58.8 Å². The van der Waals surface area contributed by atoms with Gasteiger partial charge in [0.1, 0.15) is 5.84 Å². The molecule has 1 rings (SSSR count). The summed E-state index contributed by atoms with van der Waals surface area (Å²) in [4.78, 5) is 4.35. The van der Waals surface area contributed by atoms with E-state index in [0.717, 1.165) is 11.5 Å². The third kappa shape index (κ3) is 5.24. The molecule has 17 heavy (non-hydrogen) atoms. The van der Waals surface area contributed by atoms with Crippen LogP contribution in [0.25, 0.3) is 0 Å². The van der Waals surface area contributed by atoms with Crippen LogP contribution in [-0.2, 0) is 0 Å². The largest absolute Gasteiger partial charge is 0.401 e. The minimum absolute atomic E-state index is 0.337. The SMILES string of the molecule is CC(C)/C(N)=C/N=C(\N)C1CCCCCCC1. The summed E-state index contributed by atoms with van der Waals surface area (Å²) in [5, 5.41) is 0. The first-order valence-corrected chi connectivity index (χ1v) is 6.90. The summed E-state index contributed by atoms with van der Waals surface area (Å²) >= 11 is 0. The number of nitrogens with zero attached hydrogens (tertiary/aromatic N) is 1. The highest BCUT2D eigenvalue weighted by molar-refractivity contribution is 5.83. The smallest absolute Gasteiger partial charge is 0.102 e. The number of rotatable bonds is 3. The summed E-state index contributed by atoms with van der Waals surface area (Å²) < 4.78 is 0. The van der Waals surface area contributed by atoms with Crippen molar-refractivity contribution in [3.05, 3.63) is 11.9 Å². The standard InChI is InChI=1S/C14H27N3/c1-11(2)13(15)10-17-14(16)12-8-6-4-3-5-7-9-12/h10-12H,3-9,15H2,1-2H3,(H2,16,17)/b13-10-. The highest BCUT2D eigenvalue weighted by Gasteiger charge is 2.14. The van der Waals surface area contributed by atoms with E-state index in [-0.39, 0.29) is 0 Å². The topological polar surface area (TPSA) is 64.4 Å². The second-order valence-electron chi connectivity index (χ2n) is 5.38. The fraction of sp³-hybridized carbons (Fsp3) is 0.786. The second-order valence-corrected chi connectivity index (χ2v) is 5.38. The van der Waals surface area contributed by atoms with E-state index in [0.29, 0.717) is 11.8 Å². The van der Waals surface area contributed by atoms with Gasteiger partial charge in [-0.3, -0.25) is 0 Å². The maximum atomic E-state index is 6.07. The molecule has 0 aliphatic heterocycles. The van der Waals surface area contributed by atoms with Crippen LogP contribution in [0.2, 0.25) is 0 Å². The van der Waals surface area contributed by atoms with Crippen molar-refractivity contribution in [3.63, 3.8) is 0 Å². The van der Waals surface area contributed by atoms with Crippen LogP contribution < -0.4 is 11.5 Å². The second kappa shape index (κ2) is 7.36. The molecule has 0 amide bonds. The molecule has 0 spiro atoms. The van der Waals surface area contributed by atoms with E-state index in [1.165, 1.54) is 44.9 Å². The number of amidine groups is 1. The maximum absolute atomic E-state index is 6.07. The lowest BCUT2D eigenvalue weighted by molar-refractivity contribution is 0.450. The van der Waals surface area contributed by atoms with Crippen molar-refractivity contribution in [2.75, 3.05) is 0 Å². The van der Waals surface area contributed by atoms with Crippen LogP contribution in [-0.4, -0.2) is 5.84 Å². The van der Waals surface area contributed by atoms with E-state index in [2.05, 4.69) is 18.8 Å². The van der Waals surface area contributed by atoms with Crippen LogP contribution in [0.5, 0.6) is 0 Å². The Hall–Kier alpha value is -0.990. The molecular formula is C14H27N3. The third-order valence-electron chi connectivity index (χ3n) is 3.55. The van der Waals surface area contributed by atoms with Crippen molar-refractivity contribution >= 4 is 5.84 Å². The van der Waals surface area contributed by atoms with Gasteiger partial charge in [-0.05, 0) is 18.8 Å². The highest BCUT2D eigenvalue weighted by atomic mass is 14.9. The lowest BCUT2D eigenvalue weighted by atomic mass is 9.90. The Kier molecular flexibility index (Phi) is 6.09. The molecule has 0 bridgehead atoms. The average molecular weight is 237 g/mol. The normalized spacial score (nSPS) is 21.4. The Morgan fingerprint density at radius 1 is 1.06 bits per heavy atom. The van der Waals surface area contributed by atoms with Gasteiger partial charge in [0.2, 0.25) is 0 Å². The van der Waals surface area contributed by atoms with Crippen LogP contribution in [0.3, 0.4) is 0 Å². The first kappa shape index (κ1) is 14.1. The van der Waals surface area contributed by atoms with Crippen LogP contribution in [0.4, 0.5) is 0 Å². The molecule has 0 aromatic carbocycles.